The van der Waals surface area contributed by atoms with E-state index < -0.39 is 5.25 Å². The number of hydrogen-bond donors (Lipinski definition) is 2. The Morgan fingerprint density at radius 3 is 2.71 bits per heavy atom. The topological polar surface area (TPSA) is 84.2 Å². The summed E-state index contributed by atoms with van der Waals surface area (Å²) in [7, 11) is 0. The molecule has 24 heavy (non-hydrogen) atoms. The first-order valence-electron chi connectivity index (χ1n) is 6.96. The highest BCUT2D eigenvalue weighted by molar-refractivity contribution is 8.01. The van der Waals surface area contributed by atoms with Gasteiger partial charge in [-0.3, -0.25) is 9.59 Å². The molecule has 2 N–H and O–H groups in total. The van der Waals surface area contributed by atoms with E-state index in [1.807, 2.05) is 0 Å². The number of carbonyl (C=O) groups is 2. The van der Waals surface area contributed by atoms with Crippen molar-refractivity contribution in [3.8, 4) is 0 Å². The Labute approximate surface area is 153 Å². The van der Waals surface area contributed by atoms with Crippen LogP contribution in [0.5, 0.6) is 0 Å². The van der Waals surface area contributed by atoms with Crippen molar-refractivity contribution in [2.24, 2.45) is 0 Å². The van der Waals surface area contributed by atoms with Crippen molar-refractivity contribution in [2.45, 2.75) is 19.1 Å². The standard InChI is InChI=1S/C15H15Cl2N3O3S/c1-8-5-13(20-23-8)19-15(22)9(2)24-7-14(21)18-12-6-10(16)3-4-11(12)17/h3-6,9H,7H2,1-2H3,(H,18,21)(H,19,20,22). The number of rotatable bonds is 6. The maximum Gasteiger partial charge on any atom is 0.238 e. The number of carbonyl (C=O) groups excluding carboxylic acids is 2. The van der Waals surface area contributed by atoms with Crippen molar-refractivity contribution < 1.29 is 14.1 Å². The van der Waals surface area contributed by atoms with E-state index in [1.54, 1.807) is 38.1 Å². The fourth-order valence-electron chi connectivity index (χ4n) is 1.71. The van der Waals surface area contributed by atoms with Gasteiger partial charge in [0.15, 0.2) is 5.82 Å². The summed E-state index contributed by atoms with van der Waals surface area (Å²) in [6.07, 6.45) is 0. The lowest BCUT2D eigenvalue weighted by Crippen LogP contribution is -2.25. The molecule has 1 heterocycles. The molecule has 1 aromatic carbocycles. The van der Waals surface area contributed by atoms with E-state index >= 15 is 0 Å². The van der Waals surface area contributed by atoms with Gasteiger partial charge in [-0.1, -0.05) is 28.4 Å². The van der Waals surface area contributed by atoms with Crippen molar-refractivity contribution in [3.63, 3.8) is 0 Å². The average molecular weight is 388 g/mol. The zero-order valence-electron chi connectivity index (χ0n) is 12.9. The maximum atomic E-state index is 12.0. The molecular weight excluding hydrogens is 373 g/mol. The van der Waals surface area contributed by atoms with Gasteiger partial charge in [0.05, 0.1) is 21.7 Å². The third-order valence-corrected chi connectivity index (χ3v) is 4.62. The second kappa shape index (κ2) is 8.41. The maximum absolute atomic E-state index is 12.0. The quantitative estimate of drug-likeness (QED) is 0.782. The van der Waals surface area contributed by atoms with Gasteiger partial charge >= 0.3 is 0 Å². The lowest BCUT2D eigenvalue weighted by atomic mass is 10.3. The molecule has 6 nitrogen and oxygen atoms in total. The van der Waals surface area contributed by atoms with Gasteiger partial charge in [-0.15, -0.1) is 11.8 Å². The molecule has 128 valence electrons. The molecule has 1 unspecified atom stereocenters. The molecule has 0 aliphatic heterocycles. The van der Waals surface area contributed by atoms with E-state index in [0.29, 0.717) is 27.3 Å². The number of halogens is 2. The molecule has 0 saturated heterocycles. The minimum atomic E-state index is -0.442. The van der Waals surface area contributed by atoms with Crippen LogP contribution < -0.4 is 10.6 Å². The molecule has 2 amide bonds. The molecule has 0 radical (unpaired) electrons. The van der Waals surface area contributed by atoms with E-state index in [4.69, 9.17) is 27.7 Å². The van der Waals surface area contributed by atoms with E-state index in [9.17, 15) is 9.59 Å². The summed E-state index contributed by atoms with van der Waals surface area (Å²) in [5.41, 5.74) is 0.435. The van der Waals surface area contributed by atoms with E-state index in [2.05, 4.69) is 15.8 Å². The summed E-state index contributed by atoms with van der Waals surface area (Å²) in [6, 6.07) is 6.41. The molecule has 0 spiro atoms. The molecule has 0 aliphatic carbocycles. The number of nitrogens with zero attached hydrogens (tertiary/aromatic N) is 1. The smallest absolute Gasteiger partial charge is 0.238 e. The molecule has 9 heteroatoms. The minimum absolute atomic E-state index is 0.0925. The van der Waals surface area contributed by atoms with Crippen LogP contribution in [0.3, 0.4) is 0 Å². The van der Waals surface area contributed by atoms with Crippen LogP contribution in [0.25, 0.3) is 0 Å². The number of hydrogen-bond acceptors (Lipinski definition) is 5. The third kappa shape index (κ3) is 5.43. The molecule has 0 saturated carbocycles. The summed E-state index contributed by atoms with van der Waals surface area (Å²) in [5.74, 6) is 0.501. The monoisotopic (exact) mass is 387 g/mol. The van der Waals surface area contributed by atoms with Crippen LogP contribution in [-0.4, -0.2) is 28.0 Å². The molecule has 0 aliphatic rings. The summed E-state index contributed by atoms with van der Waals surface area (Å²) < 4.78 is 4.87. The number of amides is 2. The zero-order chi connectivity index (χ0) is 17.7. The van der Waals surface area contributed by atoms with Gasteiger partial charge < -0.3 is 15.2 Å². The second-order valence-electron chi connectivity index (χ2n) is 4.94. The Morgan fingerprint density at radius 1 is 1.29 bits per heavy atom. The highest BCUT2D eigenvalue weighted by atomic mass is 35.5. The van der Waals surface area contributed by atoms with Crippen LogP contribution >= 0.6 is 35.0 Å². The Balaban J connectivity index is 1.82. The van der Waals surface area contributed by atoms with Crippen LogP contribution in [0.15, 0.2) is 28.8 Å². The van der Waals surface area contributed by atoms with Gasteiger partial charge in [-0.2, -0.15) is 0 Å². The van der Waals surface area contributed by atoms with Crippen molar-refractivity contribution >= 4 is 58.3 Å². The molecule has 2 aromatic rings. The van der Waals surface area contributed by atoms with E-state index in [0.717, 1.165) is 0 Å². The summed E-state index contributed by atoms with van der Waals surface area (Å²) in [4.78, 5) is 24.0. The molecular formula is C15H15Cl2N3O3S. The lowest BCUT2D eigenvalue weighted by Gasteiger charge is -2.11. The minimum Gasteiger partial charge on any atom is -0.360 e. The zero-order valence-corrected chi connectivity index (χ0v) is 15.3. The molecule has 2 rings (SSSR count). The highest BCUT2D eigenvalue weighted by Gasteiger charge is 2.17. The number of anilines is 2. The van der Waals surface area contributed by atoms with Crippen LogP contribution in [0.4, 0.5) is 11.5 Å². The fourth-order valence-corrected chi connectivity index (χ4v) is 2.73. The Hall–Kier alpha value is -1.70. The number of benzene rings is 1. The van der Waals surface area contributed by atoms with Crippen LogP contribution in [0.2, 0.25) is 10.0 Å². The van der Waals surface area contributed by atoms with Crippen molar-refractivity contribution in [3.05, 3.63) is 40.1 Å². The molecule has 0 fully saturated rings. The third-order valence-electron chi connectivity index (χ3n) is 2.92. The first kappa shape index (κ1) is 18.6. The van der Waals surface area contributed by atoms with Gasteiger partial charge in [-0.05, 0) is 32.0 Å². The van der Waals surface area contributed by atoms with Gasteiger partial charge in [0, 0.05) is 11.1 Å². The first-order valence-corrected chi connectivity index (χ1v) is 8.76. The van der Waals surface area contributed by atoms with Crippen molar-refractivity contribution in [1.29, 1.82) is 0 Å². The predicted molar refractivity (Wildman–Crippen MR) is 96.9 cm³/mol. The second-order valence-corrected chi connectivity index (χ2v) is 7.11. The van der Waals surface area contributed by atoms with E-state index in [-0.39, 0.29) is 17.6 Å². The largest absolute Gasteiger partial charge is 0.360 e. The lowest BCUT2D eigenvalue weighted by molar-refractivity contribution is -0.115. The van der Waals surface area contributed by atoms with Gasteiger partial charge in [0.25, 0.3) is 0 Å². The van der Waals surface area contributed by atoms with Crippen LogP contribution in [0, 0.1) is 6.92 Å². The fraction of sp³-hybridized carbons (Fsp3) is 0.267. The normalized spacial score (nSPS) is 11.8. The van der Waals surface area contributed by atoms with Gasteiger partial charge in [0.1, 0.15) is 5.76 Å². The Morgan fingerprint density at radius 2 is 2.04 bits per heavy atom. The van der Waals surface area contributed by atoms with Gasteiger partial charge in [-0.25, -0.2) is 0 Å². The van der Waals surface area contributed by atoms with Crippen LogP contribution in [-0.2, 0) is 9.59 Å². The average Bonchev–Trinajstić information content (AvgIpc) is 2.93. The molecule has 1 aromatic heterocycles. The first-order chi connectivity index (χ1) is 11.3. The Kier molecular flexibility index (Phi) is 6.53. The van der Waals surface area contributed by atoms with Gasteiger partial charge in [0.2, 0.25) is 11.8 Å². The van der Waals surface area contributed by atoms with E-state index in [1.165, 1.54) is 11.8 Å². The number of nitrogens with one attached hydrogen (secondary N) is 2. The summed E-state index contributed by atoms with van der Waals surface area (Å²) in [6.45, 7) is 3.43. The highest BCUT2D eigenvalue weighted by Crippen LogP contribution is 2.25. The van der Waals surface area contributed by atoms with Crippen LogP contribution in [0.1, 0.15) is 12.7 Å². The van der Waals surface area contributed by atoms with Crippen molar-refractivity contribution in [2.75, 3.05) is 16.4 Å². The molecule has 1 atom stereocenters. The van der Waals surface area contributed by atoms with Crippen molar-refractivity contribution in [1.82, 2.24) is 5.16 Å². The summed E-state index contributed by atoms with van der Waals surface area (Å²) >= 11 is 13.0. The molecule has 0 bridgehead atoms. The number of thioether (sulfide) groups is 1. The number of aromatic nitrogens is 1. The SMILES string of the molecule is Cc1cc(NC(=O)C(C)SCC(=O)Nc2cc(Cl)ccc2Cl)no1. The summed E-state index contributed by atoms with van der Waals surface area (Å²) in [5, 5.41) is 9.39. The Bertz CT molecular complexity index is 751. The predicted octanol–water partition coefficient (Wildman–Crippen LogP) is 3.99. The number of aryl methyl sites for hydroxylation is 1.